The van der Waals surface area contributed by atoms with Gasteiger partial charge in [-0.05, 0) is 51.4 Å². The smallest absolute Gasteiger partial charge is 0.225 e. The van der Waals surface area contributed by atoms with Crippen molar-refractivity contribution in [3.8, 4) is 5.69 Å². The minimum absolute atomic E-state index is 0.0261. The second kappa shape index (κ2) is 13.7. The Labute approximate surface area is 216 Å². The molecule has 0 radical (unpaired) electrons. The van der Waals surface area contributed by atoms with Crippen LogP contribution in [0, 0.1) is 18.7 Å². The summed E-state index contributed by atoms with van der Waals surface area (Å²) in [6, 6.07) is 6.58. The number of halogens is 1. The van der Waals surface area contributed by atoms with Crippen molar-refractivity contribution in [1.82, 2.24) is 19.6 Å². The lowest BCUT2D eigenvalue weighted by Crippen LogP contribution is -2.46. The van der Waals surface area contributed by atoms with E-state index in [1.54, 1.807) is 13.2 Å². The van der Waals surface area contributed by atoms with E-state index in [1.165, 1.54) is 12.1 Å². The van der Waals surface area contributed by atoms with Crippen molar-refractivity contribution < 1.29 is 13.9 Å². The van der Waals surface area contributed by atoms with E-state index < -0.39 is 0 Å². The van der Waals surface area contributed by atoms with E-state index in [0.717, 1.165) is 75.4 Å². The maximum Gasteiger partial charge on any atom is 0.225 e. The standard InChI is InChI=1S/C28H44FN5O2/c1-6-8-11-23(7-2)28(35)33(14-10-19-36-5)21-26-22(3)30-34(25-13-9-12-24(29)20-25)27(26)32-17-15-31(4)16-18-32/h9,12-13,20,23H,6-8,10-11,14-19,21H2,1-5H3/t23-/m1/s1. The fraction of sp³-hybridized carbons (Fsp3) is 0.643. The SMILES string of the molecule is CCCC[C@@H](CC)C(=O)N(CCCOC)Cc1c(C)nn(-c2cccc(F)c2)c1N1CCN(C)CC1. The first kappa shape index (κ1) is 28.1. The Bertz CT molecular complexity index is 971. The quantitative estimate of drug-likeness (QED) is 0.374. The molecule has 3 rings (SSSR count). The molecule has 1 aliphatic rings. The van der Waals surface area contributed by atoms with Crippen molar-refractivity contribution in [3.63, 3.8) is 0 Å². The summed E-state index contributed by atoms with van der Waals surface area (Å²) in [5.74, 6) is 0.921. The number of methoxy groups -OCH3 is 1. The summed E-state index contributed by atoms with van der Waals surface area (Å²) < 4.78 is 21.3. The molecule has 0 spiro atoms. The summed E-state index contributed by atoms with van der Waals surface area (Å²) in [5, 5.41) is 4.87. The molecule has 2 aromatic rings. The number of likely N-dealkylation sites (N-methyl/N-ethyl adjacent to an activating group) is 1. The number of hydrogen-bond donors (Lipinski definition) is 0. The number of hydrogen-bond acceptors (Lipinski definition) is 5. The molecule has 1 aromatic heterocycles. The molecule has 0 unspecified atom stereocenters. The summed E-state index contributed by atoms with van der Waals surface area (Å²) in [5.41, 5.74) is 2.61. The van der Waals surface area contributed by atoms with Crippen LogP contribution in [0.2, 0.25) is 0 Å². The largest absolute Gasteiger partial charge is 0.385 e. The van der Waals surface area contributed by atoms with Gasteiger partial charge in [0.2, 0.25) is 5.91 Å². The molecule has 8 heteroatoms. The Morgan fingerprint density at radius 3 is 2.58 bits per heavy atom. The Morgan fingerprint density at radius 2 is 1.94 bits per heavy atom. The molecule has 0 aliphatic carbocycles. The van der Waals surface area contributed by atoms with E-state index in [-0.39, 0.29) is 17.6 Å². The van der Waals surface area contributed by atoms with E-state index in [4.69, 9.17) is 9.84 Å². The van der Waals surface area contributed by atoms with Crippen LogP contribution in [0.25, 0.3) is 5.69 Å². The Hall–Kier alpha value is -2.45. The number of aromatic nitrogens is 2. The minimum Gasteiger partial charge on any atom is -0.385 e. The molecular weight excluding hydrogens is 457 g/mol. The highest BCUT2D eigenvalue weighted by Crippen LogP contribution is 2.31. The molecule has 1 amide bonds. The fourth-order valence-electron chi connectivity index (χ4n) is 4.93. The van der Waals surface area contributed by atoms with Gasteiger partial charge in [0.1, 0.15) is 11.6 Å². The third-order valence-corrected chi connectivity index (χ3v) is 7.20. The zero-order valence-electron chi connectivity index (χ0n) is 22.8. The monoisotopic (exact) mass is 501 g/mol. The second-order valence-corrected chi connectivity index (χ2v) is 9.92. The topological polar surface area (TPSA) is 53.8 Å². The van der Waals surface area contributed by atoms with E-state index in [0.29, 0.717) is 25.4 Å². The summed E-state index contributed by atoms with van der Waals surface area (Å²) in [6.07, 6.45) is 4.68. The van der Waals surface area contributed by atoms with Gasteiger partial charge in [0, 0.05) is 57.9 Å². The van der Waals surface area contributed by atoms with Crippen LogP contribution in [-0.4, -0.2) is 79.0 Å². The van der Waals surface area contributed by atoms with Gasteiger partial charge < -0.3 is 19.4 Å². The lowest BCUT2D eigenvalue weighted by Gasteiger charge is -2.35. The highest BCUT2D eigenvalue weighted by atomic mass is 19.1. The molecule has 1 atom stereocenters. The van der Waals surface area contributed by atoms with E-state index in [2.05, 4.69) is 30.7 Å². The number of rotatable bonds is 13. The molecule has 7 nitrogen and oxygen atoms in total. The maximum atomic E-state index is 14.2. The van der Waals surface area contributed by atoms with Crippen LogP contribution < -0.4 is 4.90 Å². The maximum absolute atomic E-state index is 14.2. The fourth-order valence-corrected chi connectivity index (χ4v) is 4.93. The number of piperazine rings is 1. The van der Waals surface area contributed by atoms with E-state index in [1.807, 2.05) is 22.6 Å². The number of amides is 1. The highest BCUT2D eigenvalue weighted by Gasteiger charge is 2.29. The van der Waals surface area contributed by atoms with Gasteiger partial charge in [0.15, 0.2) is 0 Å². The molecule has 1 aromatic carbocycles. The van der Waals surface area contributed by atoms with Crippen molar-refractivity contribution in [1.29, 1.82) is 0 Å². The number of anilines is 1. The van der Waals surface area contributed by atoms with Gasteiger partial charge in [-0.3, -0.25) is 4.79 Å². The van der Waals surface area contributed by atoms with Gasteiger partial charge in [-0.15, -0.1) is 0 Å². The van der Waals surface area contributed by atoms with Crippen LogP contribution in [0.1, 0.15) is 57.2 Å². The van der Waals surface area contributed by atoms with Gasteiger partial charge >= 0.3 is 0 Å². The number of unbranched alkanes of at least 4 members (excludes halogenated alkanes) is 1. The van der Waals surface area contributed by atoms with Crippen LogP contribution in [0.3, 0.4) is 0 Å². The van der Waals surface area contributed by atoms with Gasteiger partial charge in [-0.25, -0.2) is 9.07 Å². The first-order valence-corrected chi connectivity index (χ1v) is 13.4. The van der Waals surface area contributed by atoms with E-state index >= 15 is 0 Å². The molecular formula is C28H44FN5O2. The zero-order chi connectivity index (χ0) is 26.1. The van der Waals surface area contributed by atoms with E-state index in [9.17, 15) is 9.18 Å². The third-order valence-electron chi connectivity index (χ3n) is 7.20. The Morgan fingerprint density at radius 1 is 1.19 bits per heavy atom. The normalized spacial score (nSPS) is 15.3. The first-order chi connectivity index (χ1) is 17.4. The highest BCUT2D eigenvalue weighted by molar-refractivity contribution is 5.79. The number of aryl methyl sites for hydroxylation is 1. The number of ether oxygens (including phenoxy) is 1. The van der Waals surface area contributed by atoms with Crippen molar-refractivity contribution >= 4 is 11.7 Å². The number of benzene rings is 1. The van der Waals surface area contributed by atoms with Crippen LogP contribution in [0.5, 0.6) is 0 Å². The van der Waals surface area contributed by atoms with Crippen molar-refractivity contribution in [2.24, 2.45) is 5.92 Å². The molecule has 36 heavy (non-hydrogen) atoms. The van der Waals surface area contributed by atoms with Crippen molar-refractivity contribution in [2.45, 2.75) is 59.4 Å². The molecule has 2 heterocycles. The predicted molar refractivity (Wildman–Crippen MR) is 143 cm³/mol. The average molecular weight is 502 g/mol. The summed E-state index contributed by atoms with van der Waals surface area (Å²) in [4.78, 5) is 20.4. The molecule has 1 fully saturated rings. The predicted octanol–water partition coefficient (Wildman–Crippen LogP) is 4.65. The molecule has 200 valence electrons. The van der Waals surface area contributed by atoms with Gasteiger partial charge in [0.25, 0.3) is 0 Å². The van der Waals surface area contributed by atoms with Gasteiger partial charge in [-0.2, -0.15) is 5.10 Å². The minimum atomic E-state index is -0.287. The molecule has 0 bridgehead atoms. The Balaban J connectivity index is 2.00. The van der Waals surface area contributed by atoms with Crippen LogP contribution in [-0.2, 0) is 16.1 Å². The van der Waals surface area contributed by atoms with Crippen molar-refractivity contribution in [3.05, 3.63) is 41.3 Å². The zero-order valence-corrected chi connectivity index (χ0v) is 22.8. The summed E-state index contributed by atoms with van der Waals surface area (Å²) in [6.45, 7) is 11.6. The van der Waals surface area contributed by atoms with Gasteiger partial charge in [0.05, 0.1) is 17.9 Å². The number of carbonyl (C=O) groups is 1. The Kier molecular flexibility index (Phi) is 10.7. The second-order valence-electron chi connectivity index (χ2n) is 9.92. The summed E-state index contributed by atoms with van der Waals surface area (Å²) in [7, 11) is 3.83. The number of nitrogens with zero attached hydrogens (tertiary/aromatic N) is 5. The summed E-state index contributed by atoms with van der Waals surface area (Å²) >= 11 is 0. The third kappa shape index (κ3) is 7.07. The van der Waals surface area contributed by atoms with Crippen LogP contribution in [0.4, 0.5) is 10.2 Å². The van der Waals surface area contributed by atoms with Crippen LogP contribution >= 0.6 is 0 Å². The first-order valence-electron chi connectivity index (χ1n) is 13.4. The lowest BCUT2D eigenvalue weighted by atomic mass is 9.97. The van der Waals surface area contributed by atoms with Crippen LogP contribution in [0.15, 0.2) is 24.3 Å². The molecule has 0 saturated carbocycles. The van der Waals surface area contributed by atoms with Gasteiger partial charge in [-0.1, -0.05) is 32.8 Å². The molecule has 0 N–H and O–H groups in total. The van der Waals surface area contributed by atoms with Crippen molar-refractivity contribution in [2.75, 3.05) is 58.4 Å². The lowest BCUT2D eigenvalue weighted by molar-refractivity contribution is -0.136. The average Bonchev–Trinajstić information content (AvgIpc) is 3.20. The molecule has 1 saturated heterocycles. The molecule has 1 aliphatic heterocycles. The number of carbonyl (C=O) groups excluding carboxylic acids is 1.